The smallest absolute Gasteiger partial charge is 0.409 e. The highest BCUT2D eigenvalue weighted by molar-refractivity contribution is 5.78. The van der Waals surface area contributed by atoms with Gasteiger partial charge >= 0.3 is 6.09 Å². The summed E-state index contributed by atoms with van der Waals surface area (Å²) in [5.41, 5.74) is 0.409. The average Bonchev–Trinajstić information content (AvgIpc) is 2.43. The van der Waals surface area contributed by atoms with Crippen molar-refractivity contribution in [1.29, 1.82) is 0 Å². The predicted octanol–water partition coefficient (Wildman–Crippen LogP) is 1.54. The fourth-order valence-electron chi connectivity index (χ4n) is 1.81. The molecule has 1 aromatic carbocycles. The molecule has 0 N–H and O–H groups in total. The van der Waals surface area contributed by atoms with Crippen molar-refractivity contribution in [3.8, 4) is 0 Å². The number of nitrogens with zero attached hydrogens (tertiary/aromatic N) is 3. The molecule has 0 fully saturated rings. The van der Waals surface area contributed by atoms with E-state index in [9.17, 15) is 14.0 Å². The van der Waals surface area contributed by atoms with Gasteiger partial charge in [-0.25, -0.2) is 14.2 Å². The maximum absolute atomic E-state index is 13.4. The van der Waals surface area contributed by atoms with Gasteiger partial charge in [0.25, 0.3) is 5.56 Å². The Balaban J connectivity index is 2.22. The fraction of sp³-hybridized carbons (Fsp3) is 0.357. The molecule has 0 aliphatic rings. The van der Waals surface area contributed by atoms with Crippen LogP contribution >= 0.6 is 0 Å². The summed E-state index contributed by atoms with van der Waals surface area (Å²) in [7, 11) is 3.15. The average molecular weight is 293 g/mol. The number of hydrogen-bond acceptors (Lipinski definition) is 4. The highest BCUT2D eigenvalue weighted by Gasteiger charge is 2.09. The van der Waals surface area contributed by atoms with Gasteiger partial charge in [0, 0.05) is 20.2 Å². The molecule has 21 heavy (non-hydrogen) atoms. The molecule has 0 atom stereocenters. The minimum atomic E-state index is -0.477. The molecule has 6 nitrogen and oxygen atoms in total. The predicted molar refractivity (Wildman–Crippen MR) is 75.7 cm³/mol. The van der Waals surface area contributed by atoms with Crippen molar-refractivity contribution in [2.75, 3.05) is 20.7 Å². The SMILES string of the molecule is Cc1cc2c(=O)n(CCOC(=O)N(C)C)cnc2cc1F. The third-order valence-corrected chi connectivity index (χ3v) is 3.03. The van der Waals surface area contributed by atoms with E-state index < -0.39 is 11.9 Å². The number of aromatic nitrogens is 2. The number of ether oxygens (including phenoxy) is 1. The van der Waals surface area contributed by atoms with Crippen LogP contribution in [-0.2, 0) is 11.3 Å². The molecule has 2 rings (SSSR count). The Bertz CT molecular complexity index is 740. The molecular weight excluding hydrogens is 277 g/mol. The van der Waals surface area contributed by atoms with Gasteiger partial charge in [-0.3, -0.25) is 9.36 Å². The number of rotatable bonds is 3. The van der Waals surface area contributed by atoms with Gasteiger partial charge in [-0.2, -0.15) is 0 Å². The van der Waals surface area contributed by atoms with Crippen LogP contribution in [0.4, 0.5) is 9.18 Å². The summed E-state index contributed by atoms with van der Waals surface area (Å²) < 4.78 is 19.7. The second kappa shape index (κ2) is 5.90. The van der Waals surface area contributed by atoms with Crippen molar-refractivity contribution in [3.63, 3.8) is 0 Å². The lowest BCUT2D eigenvalue weighted by atomic mass is 10.1. The number of benzene rings is 1. The molecule has 0 spiro atoms. The maximum Gasteiger partial charge on any atom is 0.409 e. The number of fused-ring (bicyclic) bond motifs is 1. The number of amides is 1. The monoisotopic (exact) mass is 293 g/mol. The van der Waals surface area contributed by atoms with Crippen molar-refractivity contribution in [3.05, 3.63) is 40.2 Å². The first-order valence-electron chi connectivity index (χ1n) is 6.39. The molecule has 0 unspecified atom stereocenters. The van der Waals surface area contributed by atoms with Crippen LogP contribution in [0, 0.1) is 12.7 Å². The van der Waals surface area contributed by atoms with Crippen LogP contribution in [0.3, 0.4) is 0 Å². The first-order chi connectivity index (χ1) is 9.90. The lowest BCUT2D eigenvalue weighted by Gasteiger charge is -2.12. The van der Waals surface area contributed by atoms with Crippen molar-refractivity contribution in [2.24, 2.45) is 0 Å². The molecule has 0 bridgehead atoms. The second-order valence-electron chi connectivity index (χ2n) is 4.87. The number of carbonyl (C=O) groups excluding carboxylic acids is 1. The molecule has 0 saturated heterocycles. The van der Waals surface area contributed by atoms with E-state index in [1.807, 2.05) is 0 Å². The van der Waals surface area contributed by atoms with Gasteiger partial charge in [-0.05, 0) is 18.6 Å². The summed E-state index contributed by atoms with van der Waals surface area (Å²) in [6, 6.07) is 2.71. The molecule has 7 heteroatoms. The van der Waals surface area contributed by atoms with E-state index in [1.165, 1.54) is 27.9 Å². The van der Waals surface area contributed by atoms with Crippen LogP contribution in [0.25, 0.3) is 10.9 Å². The number of hydrogen-bond donors (Lipinski definition) is 0. The fourth-order valence-corrected chi connectivity index (χ4v) is 1.81. The summed E-state index contributed by atoms with van der Waals surface area (Å²) in [5, 5.41) is 0.343. The Kier molecular flexibility index (Phi) is 4.21. The molecule has 1 aromatic heterocycles. The van der Waals surface area contributed by atoms with Gasteiger partial charge in [-0.1, -0.05) is 0 Å². The first-order valence-corrected chi connectivity index (χ1v) is 6.39. The van der Waals surface area contributed by atoms with Crippen LogP contribution in [0.2, 0.25) is 0 Å². The lowest BCUT2D eigenvalue weighted by Crippen LogP contribution is -2.27. The summed E-state index contributed by atoms with van der Waals surface area (Å²) in [6.45, 7) is 1.84. The van der Waals surface area contributed by atoms with E-state index in [-0.39, 0.29) is 18.7 Å². The summed E-state index contributed by atoms with van der Waals surface area (Å²) in [5.74, 6) is -0.396. The molecule has 1 amide bonds. The van der Waals surface area contributed by atoms with Gasteiger partial charge in [0.15, 0.2) is 0 Å². The lowest BCUT2D eigenvalue weighted by molar-refractivity contribution is 0.114. The molecule has 0 aliphatic heterocycles. The van der Waals surface area contributed by atoms with E-state index in [0.29, 0.717) is 16.5 Å². The van der Waals surface area contributed by atoms with Gasteiger partial charge in [-0.15, -0.1) is 0 Å². The molecule has 0 aliphatic carbocycles. The van der Waals surface area contributed by atoms with Crippen LogP contribution in [0.1, 0.15) is 5.56 Å². The van der Waals surface area contributed by atoms with Gasteiger partial charge < -0.3 is 9.64 Å². The minimum Gasteiger partial charge on any atom is -0.448 e. The van der Waals surface area contributed by atoms with Crippen molar-refractivity contribution >= 4 is 17.0 Å². The zero-order valence-electron chi connectivity index (χ0n) is 12.1. The van der Waals surface area contributed by atoms with Crippen LogP contribution in [0.15, 0.2) is 23.3 Å². The number of aryl methyl sites for hydroxylation is 1. The van der Waals surface area contributed by atoms with Crippen molar-refractivity contribution < 1.29 is 13.9 Å². The van der Waals surface area contributed by atoms with E-state index in [2.05, 4.69) is 4.98 Å². The largest absolute Gasteiger partial charge is 0.448 e. The van der Waals surface area contributed by atoms with Gasteiger partial charge in [0.05, 0.1) is 23.8 Å². The Morgan fingerprint density at radius 2 is 2.14 bits per heavy atom. The van der Waals surface area contributed by atoms with Crippen molar-refractivity contribution in [1.82, 2.24) is 14.5 Å². The van der Waals surface area contributed by atoms with E-state index >= 15 is 0 Å². The summed E-state index contributed by atoms with van der Waals surface area (Å²) in [4.78, 5) is 28.9. The highest BCUT2D eigenvalue weighted by Crippen LogP contribution is 2.13. The van der Waals surface area contributed by atoms with Crippen LogP contribution in [-0.4, -0.2) is 41.2 Å². The highest BCUT2D eigenvalue weighted by atomic mass is 19.1. The standard InChI is InChI=1S/C14H16FN3O3/c1-9-6-10-12(7-11(9)15)16-8-18(13(10)19)4-5-21-14(20)17(2)3/h6-8H,4-5H2,1-3H3. The molecule has 2 aromatic rings. The molecular formula is C14H16FN3O3. The quantitative estimate of drug-likeness (QED) is 0.861. The van der Waals surface area contributed by atoms with Crippen LogP contribution < -0.4 is 5.56 Å². The molecule has 0 radical (unpaired) electrons. The van der Waals surface area contributed by atoms with Crippen molar-refractivity contribution in [2.45, 2.75) is 13.5 Å². The molecule has 112 valence electrons. The first kappa shape index (κ1) is 15.0. The summed E-state index contributed by atoms with van der Waals surface area (Å²) in [6.07, 6.45) is 0.845. The number of halogens is 1. The Morgan fingerprint density at radius 1 is 1.43 bits per heavy atom. The summed E-state index contributed by atoms with van der Waals surface area (Å²) >= 11 is 0. The van der Waals surface area contributed by atoms with Gasteiger partial charge in [0.1, 0.15) is 12.4 Å². The Hall–Kier alpha value is -2.44. The Morgan fingerprint density at radius 3 is 2.81 bits per heavy atom. The number of carbonyl (C=O) groups is 1. The maximum atomic E-state index is 13.4. The van der Waals surface area contributed by atoms with Gasteiger partial charge in [0.2, 0.25) is 0 Å². The molecule has 1 heterocycles. The Labute approximate surface area is 120 Å². The third-order valence-electron chi connectivity index (χ3n) is 3.03. The molecule has 0 saturated carbocycles. The topological polar surface area (TPSA) is 64.4 Å². The third kappa shape index (κ3) is 3.18. The van der Waals surface area contributed by atoms with E-state index in [1.54, 1.807) is 21.0 Å². The minimum absolute atomic E-state index is 0.0598. The second-order valence-corrected chi connectivity index (χ2v) is 4.87. The van der Waals surface area contributed by atoms with E-state index in [0.717, 1.165) is 0 Å². The zero-order valence-corrected chi connectivity index (χ0v) is 12.1. The normalized spacial score (nSPS) is 10.7. The van der Waals surface area contributed by atoms with Crippen LogP contribution in [0.5, 0.6) is 0 Å². The zero-order chi connectivity index (χ0) is 15.6. The van der Waals surface area contributed by atoms with E-state index in [4.69, 9.17) is 4.74 Å².